The van der Waals surface area contributed by atoms with Gasteiger partial charge in [-0.1, -0.05) is 18.2 Å². The van der Waals surface area contributed by atoms with Crippen molar-refractivity contribution in [3.63, 3.8) is 0 Å². The van der Waals surface area contributed by atoms with Crippen LogP contribution in [0, 0.1) is 0 Å². The monoisotopic (exact) mass is 204 g/mol. The minimum atomic E-state index is 0.965. The standard InChI is InChI=1S/C11H12N2S/c1-2-5-11(6-3-1)14-10-9-13-8-4-7-12-13/h1-8H,9-10H2. The molecule has 2 nitrogen and oxygen atoms in total. The Bertz CT molecular complexity index is 356. The van der Waals surface area contributed by atoms with E-state index >= 15 is 0 Å². The van der Waals surface area contributed by atoms with Crippen LogP contribution < -0.4 is 0 Å². The van der Waals surface area contributed by atoms with Gasteiger partial charge < -0.3 is 0 Å². The summed E-state index contributed by atoms with van der Waals surface area (Å²) >= 11 is 1.86. The zero-order chi connectivity index (χ0) is 9.64. The van der Waals surface area contributed by atoms with Gasteiger partial charge in [0.05, 0.1) is 6.54 Å². The van der Waals surface area contributed by atoms with Gasteiger partial charge in [0.2, 0.25) is 0 Å². The summed E-state index contributed by atoms with van der Waals surface area (Å²) in [6, 6.07) is 12.4. The SMILES string of the molecule is c1ccc(SCCn2cccn2)cc1. The number of thioether (sulfide) groups is 1. The first-order valence-electron chi connectivity index (χ1n) is 4.60. The number of benzene rings is 1. The zero-order valence-electron chi connectivity index (χ0n) is 7.84. The molecule has 0 aliphatic heterocycles. The predicted molar refractivity (Wildman–Crippen MR) is 59.4 cm³/mol. The van der Waals surface area contributed by atoms with Crippen LogP contribution in [-0.4, -0.2) is 15.5 Å². The van der Waals surface area contributed by atoms with Crippen LogP contribution in [0.3, 0.4) is 0 Å². The topological polar surface area (TPSA) is 17.8 Å². The molecule has 0 amide bonds. The normalized spacial score (nSPS) is 10.3. The maximum absolute atomic E-state index is 4.15. The first kappa shape index (κ1) is 9.34. The van der Waals surface area contributed by atoms with E-state index in [-0.39, 0.29) is 0 Å². The lowest BCUT2D eigenvalue weighted by Gasteiger charge is -2.01. The molecule has 0 fully saturated rings. The van der Waals surface area contributed by atoms with Gasteiger partial charge in [0, 0.05) is 23.0 Å². The molecule has 0 atom stereocenters. The molecule has 0 bridgehead atoms. The lowest BCUT2D eigenvalue weighted by molar-refractivity contribution is 0.666. The van der Waals surface area contributed by atoms with Crippen LogP contribution in [0.25, 0.3) is 0 Å². The number of rotatable bonds is 4. The average molecular weight is 204 g/mol. The highest BCUT2D eigenvalue weighted by atomic mass is 32.2. The molecule has 3 heteroatoms. The maximum Gasteiger partial charge on any atom is 0.0503 e. The Hall–Kier alpha value is -1.22. The summed E-state index contributed by atoms with van der Waals surface area (Å²) in [5.74, 6) is 1.06. The summed E-state index contributed by atoms with van der Waals surface area (Å²) in [5, 5.41) is 4.15. The summed E-state index contributed by atoms with van der Waals surface area (Å²) in [5.41, 5.74) is 0. The van der Waals surface area contributed by atoms with E-state index in [4.69, 9.17) is 0 Å². The van der Waals surface area contributed by atoms with E-state index in [1.165, 1.54) is 4.90 Å². The zero-order valence-corrected chi connectivity index (χ0v) is 8.65. The molecule has 0 radical (unpaired) electrons. The van der Waals surface area contributed by atoms with Crippen molar-refractivity contribution in [3.05, 3.63) is 48.8 Å². The fourth-order valence-electron chi connectivity index (χ4n) is 1.21. The highest BCUT2D eigenvalue weighted by Gasteiger charge is 1.93. The second-order valence-corrected chi connectivity index (χ2v) is 4.10. The highest BCUT2D eigenvalue weighted by Crippen LogP contribution is 2.16. The third kappa shape index (κ3) is 2.64. The summed E-state index contributed by atoms with van der Waals surface area (Å²) in [6.07, 6.45) is 3.80. The summed E-state index contributed by atoms with van der Waals surface area (Å²) in [6.45, 7) is 0.965. The van der Waals surface area contributed by atoms with Crippen LogP contribution in [0.15, 0.2) is 53.7 Å². The molecule has 1 aromatic heterocycles. The third-order valence-electron chi connectivity index (χ3n) is 1.89. The Balaban J connectivity index is 1.79. The van der Waals surface area contributed by atoms with E-state index in [0.29, 0.717) is 0 Å². The van der Waals surface area contributed by atoms with E-state index in [9.17, 15) is 0 Å². The molecule has 2 rings (SSSR count). The van der Waals surface area contributed by atoms with Crippen molar-refractivity contribution in [2.45, 2.75) is 11.4 Å². The molecule has 0 unspecified atom stereocenters. The van der Waals surface area contributed by atoms with E-state index in [0.717, 1.165) is 12.3 Å². The van der Waals surface area contributed by atoms with E-state index in [2.05, 4.69) is 29.4 Å². The molecule has 72 valence electrons. The minimum absolute atomic E-state index is 0.965. The van der Waals surface area contributed by atoms with Crippen molar-refractivity contribution in [1.82, 2.24) is 9.78 Å². The minimum Gasteiger partial charge on any atom is -0.272 e. The predicted octanol–water partition coefficient (Wildman–Crippen LogP) is 2.68. The maximum atomic E-state index is 4.15. The third-order valence-corrected chi connectivity index (χ3v) is 2.88. The van der Waals surface area contributed by atoms with Crippen molar-refractivity contribution >= 4 is 11.8 Å². The molecule has 0 aliphatic rings. The van der Waals surface area contributed by atoms with E-state index < -0.39 is 0 Å². The quantitative estimate of drug-likeness (QED) is 0.713. The van der Waals surface area contributed by atoms with Gasteiger partial charge in [-0.15, -0.1) is 11.8 Å². The van der Waals surface area contributed by atoms with Crippen LogP contribution >= 0.6 is 11.8 Å². The van der Waals surface area contributed by atoms with Crippen molar-refractivity contribution in [2.24, 2.45) is 0 Å². The highest BCUT2D eigenvalue weighted by molar-refractivity contribution is 7.99. The largest absolute Gasteiger partial charge is 0.272 e. The van der Waals surface area contributed by atoms with Gasteiger partial charge in [-0.05, 0) is 18.2 Å². The van der Waals surface area contributed by atoms with Gasteiger partial charge >= 0.3 is 0 Å². The van der Waals surface area contributed by atoms with Crippen molar-refractivity contribution in [1.29, 1.82) is 0 Å². The Morgan fingerprint density at radius 1 is 1.14 bits per heavy atom. The average Bonchev–Trinajstić information content (AvgIpc) is 2.72. The molecule has 0 N–H and O–H groups in total. The molecule has 1 heterocycles. The Labute approximate surface area is 87.9 Å². The molecule has 1 aromatic carbocycles. The molecule has 0 saturated heterocycles. The van der Waals surface area contributed by atoms with Crippen molar-refractivity contribution in [3.8, 4) is 0 Å². The molecule has 0 saturated carbocycles. The molecular formula is C11H12N2S. The van der Waals surface area contributed by atoms with Gasteiger partial charge in [0.15, 0.2) is 0 Å². The van der Waals surface area contributed by atoms with Gasteiger partial charge in [0.1, 0.15) is 0 Å². The van der Waals surface area contributed by atoms with Crippen molar-refractivity contribution in [2.75, 3.05) is 5.75 Å². The fourth-order valence-corrected chi connectivity index (χ4v) is 2.07. The van der Waals surface area contributed by atoms with Crippen LogP contribution in [-0.2, 0) is 6.54 Å². The molecule has 0 aliphatic carbocycles. The molecule has 2 aromatic rings. The number of nitrogens with zero attached hydrogens (tertiary/aromatic N) is 2. The van der Waals surface area contributed by atoms with Gasteiger partial charge in [-0.3, -0.25) is 4.68 Å². The van der Waals surface area contributed by atoms with Crippen molar-refractivity contribution < 1.29 is 0 Å². The number of hydrogen-bond acceptors (Lipinski definition) is 2. The van der Waals surface area contributed by atoms with Crippen LogP contribution in [0.1, 0.15) is 0 Å². The summed E-state index contributed by atoms with van der Waals surface area (Å²) < 4.78 is 1.95. The van der Waals surface area contributed by atoms with Crippen LogP contribution in [0.4, 0.5) is 0 Å². The smallest absolute Gasteiger partial charge is 0.0503 e. The van der Waals surface area contributed by atoms with E-state index in [1.807, 2.05) is 41.0 Å². The molecule has 14 heavy (non-hydrogen) atoms. The van der Waals surface area contributed by atoms with Gasteiger partial charge in [0.25, 0.3) is 0 Å². The Morgan fingerprint density at radius 3 is 2.71 bits per heavy atom. The molecular weight excluding hydrogens is 192 g/mol. The van der Waals surface area contributed by atoms with Crippen LogP contribution in [0.5, 0.6) is 0 Å². The lowest BCUT2D eigenvalue weighted by atomic mass is 10.4. The Morgan fingerprint density at radius 2 is 2.00 bits per heavy atom. The van der Waals surface area contributed by atoms with E-state index in [1.54, 1.807) is 0 Å². The van der Waals surface area contributed by atoms with Gasteiger partial charge in [-0.25, -0.2) is 0 Å². The summed E-state index contributed by atoms with van der Waals surface area (Å²) in [7, 11) is 0. The first-order valence-corrected chi connectivity index (χ1v) is 5.59. The fraction of sp³-hybridized carbons (Fsp3) is 0.182. The molecule has 0 spiro atoms. The second-order valence-electron chi connectivity index (χ2n) is 2.93. The lowest BCUT2D eigenvalue weighted by Crippen LogP contribution is -1.99. The first-order chi connectivity index (χ1) is 6.95. The van der Waals surface area contributed by atoms with Crippen LogP contribution in [0.2, 0.25) is 0 Å². The van der Waals surface area contributed by atoms with Gasteiger partial charge in [-0.2, -0.15) is 5.10 Å². The number of aromatic nitrogens is 2. The second kappa shape index (κ2) is 4.86. The summed E-state index contributed by atoms with van der Waals surface area (Å²) in [4.78, 5) is 1.32. The number of aryl methyl sites for hydroxylation is 1. The Kier molecular flexibility index (Phi) is 3.24. The number of hydrogen-bond donors (Lipinski definition) is 0.